The third-order valence-electron chi connectivity index (χ3n) is 8.34. The Balaban J connectivity index is 0.000000264. The molecule has 0 heterocycles. The Hall–Kier alpha value is -0.950. The van der Waals surface area contributed by atoms with Crippen LogP contribution in [0, 0.1) is 40.0 Å². The third-order valence-corrected chi connectivity index (χ3v) is 8.34. The molecule has 0 atom stereocenters. The molecule has 0 aliphatic heterocycles. The molecule has 0 nitrogen and oxygen atoms in total. The van der Waals surface area contributed by atoms with Crippen molar-refractivity contribution in [1.29, 1.82) is 0 Å². The molecule has 1 heteroatoms. The average molecular weight is 581 g/mol. The molecule has 0 N–H and O–H groups in total. The van der Waals surface area contributed by atoms with E-state index in [4.69, 9.17) is 0 Å². The van der Waals surface area contributed by atoms with Crippen LogP contribution in [0.25, 0.3) is 10.8 Å². The molecule has 1 aliphatic carbocycles. The molecule has 31 heavy (non-hydrogen) atoms. The van der Waals surface area contributed by atoms with Gasteiger partial charge in [-0.25, -0.2) is 0 Å². The number of rotatable bonds is 2. The SMILES string of the molecule is CCC1(CC)Cc2cc3cc[c-](C(C)(C)C)c3cc2C1.Cc1c(C)c(C)[c-](C)c1C.[Hf]. The summed E-state index contributed by atoms with van der Waals surface area (Å²) in [6, 6.07) is 9.60. The Morgan fingerprint density at radius 1 is 0.871 bits per heavy atom. The topological polar surface area (TPSA) is 0 Å². The Morgan fingerprint density at radius 3 is 1.74 bits per heavy atom. The maximum absolute atomic E-state index is 2.50. The summed E-state index contributed by atoms with van der Waals surface area (Å²) in [5, 5.41) is 2.93. The van der Waals surface area contributed by atoms with E-state index in [1.807, 2.05) is 0 Å². The average Bonchev–Trinajstić information content (AvgIpc) is 3.33. The van der Waals surface area contributed by atoms with Gasteiger partial charge in [0.15, 0.2) is 0 Å². The van der Waals surface area contributed by atoms with Gasteiger partial charge >= 0.3 is 0 Å². The Kier molecular flexibility index (Phi) is 8.06. The molecular formula is C30H42Hf-2. The molecule has 0 spiro atoms. The van der Waals surface area contributed by atoms with Crippen molar-refractivity contribution >= 4 is 10.8 Å². The van der Waals surface area contributed by atoms with Crippen molar-refractivity contribution < 1.29 is 25.8 Å². The van der Waals surface area contributed by atoms with E-state index >= 15 is 0 Å². The Morgan fingerprint density at radius 2 is 1.35 bits per heavy atom. The van der Waals surface area contributed by atoms with Gasteiger partial charge in [0.1, 0.15) is 0 Å². The second-order valence-electron chi connectivity index (χ2n) is 10.9. The van der Waals surface area contributed by atoms with Crippen molar-refractivity contribution in [2.45, 2.75) is 100 Å². The van der Waals surface area contributed by atoms with Crippen molar-refractivity contribution in [3.8, 4) is 0 Å². The van der Waals surface area contributed by atoms with Crippen LogP contribution in [0.1, 0.15) is 92.0 Å². The zero-order valence-corrected chi connectivity index (χ0v) is 25.2. The van der Waals surface area contributed by atoms with Crippen molar-refractivity contribution in [3.63, 3.8) is 0 Å². The predicted molar refractivity (Wildman–Crippen MR) is 134 cm³/mol. The number of benzene rings is 1. The molecule has 1 aliphatic rings. The van der Waals surface area contributed by atoms with Gasteiger partial charge in [0.2, 0.25) is 0 Å². The molecule has 0 unspecified atom stereocenters. The summed E-state index contributed by atoms with van der Waals surface area (Å²) in [6.07, 6.45) is 5.16. The summed E-state index contributed by atoms with van der Waals surface area (Å²) in [5.41, 5.74) is 12.8. The van der Waals surface area contributed by atoms with Crippen molar-refractivity contribution in [3.05, 3.63) is 68.8 Å². The first kappa shape index (κ1) is 26.3. The first-order valence-corrected chi connectivity index (χ1v) is 11.9. The van der Waals surface area contributed by atoms with E-state index in [2.05, 4.69) is 93.5 Å². The molecule has 0 radical (unpaired) electrons. The van der Waals surface area contributed by atoms with Gasteiger partial charge in [-0.15, -0.1) is 34.5 Å². The van der Waals surface area contributed by atoms with Gasteiger partial charge < -0.3 is 0 Å². The van der Waals surface area contributed by atoms with Crippen LogP contribution in [-0.2, 0) is 44.1 Å². The fourth-order valence-corrected chi connectivity index (χ4v) is 5.35. The third kappa shape index (κ3) is 4.87. The molecule has 168 valence electrons. The molecular weight excluding hydrogens is 539 g/mol. The van der Waals surface area contributed by atoms with Gasteiger partial charge in [-0.2, -0.15) is 33.9 Å². The first-order chi connectivity index (χ1) is 13.9. The Bertz CT molecular complexity index is 964. The summed E-state index contributed by atoms with van der Waals surface area (Å²) in [6.45, 7) is 22.7. The van der Waals surface area contributed by atoms with E-state index in [9.17, 15) is 0 Å². The van der Waals surface area contributed by atoms with E-state index in [-0.39, 0.29) is 31.3 Å². The summed E-state index contributed by atoms with van der Waals surface area (Å²) >= 11 is 0. The monoisotopic (exact) mass is 582 g/mol. The van der Waals surface area contributed by atoms with Crippen LogP contribution < -0.4 is 0 Å². The normalized spacial score (nSPS) is 14.8. The second-order valence-corrected chi connectivity index (χ2v) is 10.9. The van der Waals surface area contributed by atoms with E-state index in [0.717, 1.165) is 0 Å². The maximum Gasteiger partial charge on any atom is 0 e. The quantitative estimate of drug-likeness (QED) is 0.210. The van der Waals surface area contributed by atoms with Crippen LogP contribution in [0.15, 0.2) is 24.3 Å². The van der Waals surface area contributed by atoms with Crippen molar-refractivity contribution in [2.75, 3.05) is 0 Å². The number of hydrogen-bond donors (Lipinski definition) is 0. The standard InChI is InChI=1S/C20H27.C10H15.Hf/c1-6-20(7-2)12-15-10-14-8-9-18(19(3,4)5)17(14)11-16(15)13-20;1-6-7(2)9(4)10(5)8(6)3;/h8-11H,6-7,12-13H2,1-5H3;1-5H3;/q2*-1;. The van der Waals surface area contributed by atoms with Crippen molar-refractivity contribution in [1.82, 2.24) is 0 Å². The van der Waals surface area contributed by atoms with E-state index in [0.29, 0.717) is 5.41 Å². The molecule has 0 bridgehead atoms. The molecule has 0 saturated carbocycles. The summed E-state index contributed by atoms with van der Waals surface area (Å²) in [5.74, 6) is 0. The fraction of sp³-hybridized carbons (Fsp3) is 0.533. The number of hydrogen-bond acceptors (Lipinski definition) is 0. The largest absolute Gasteiger partial charge is 0.196 e. The van der Waals surface area contributed by atoms with Gasteiger partial charge in [0.25, 0.3) is 0 Å². The van der Waals surface area contributed by atoms with Gasteiger partial charge in [-0.3, -0.25) is 0 Å². The minimum absolute atomic E-state index is 0. The van der Waals surface area contributed by atoms with Gasteiger partial charge in [0, 0.05) is 25.8 Å². The maximum atomic E-state index is 2.50. The molecule has 0 amide bonds. The van der Waals surface area contributed by atoms with Gasteiger partial charge in [0.05, 0.1) is 0 Å². The molecule has 0 aromatic heterocycles. The molecule has 0 saturated heterocycles. The fourth-order valence-electron chi connectivity index (χ4n) is 5.35. The van der Waals surface area contributed by atoms with E-state index in [1.54, 1.807) is 11.1 Å². The van der Waals surface area contributed by atoms with Gasteiger partial charge in [-0.1, -0.05) is 80.4 Å². The minimum atomic E-state index is 0. The van der Waals surface area contributed by atoms with Crippen LogP contribution in [-0.4, -0.2) is 0 Å². The summed E-state index contributed by atoms with van der Waals surface area (Å²) in [7, 11) is 0. The second kappa shape index (κ2) is 9.50. The van der Waals surface area contributed by atoms with E-state index < -0.39 is 0 Å². The van der Waals surface area contributed by atoms with Crippen LogP contribution in [0.2, 0.25) is 0 Å². The zero-order chi connectivity index (χ0) is 22.4. The van der Waals surface area contributed by atoms with E-state index in [1.165, 1.54) is 69.8 Å². The smallest absolute Gasteiger partial charge is 0 e. The number of fused-ring (bicyclic) bond motifs is 2. The van der Waals surface area contributed by atoms with Crippen LogP contribution in [0.4, 0.5) is 0 Å². The van der Waals surface area contributed by atoms with Crippen LogP contribution in [0.5, 0.6) is 0 Å². The zero-order valence-electron chi connectivity index (χ0n) is 21.6. The molecule has 3 aromatic rings. The predicted octanol–water partition coefficient (Wildman–Crippen LogP) is 8.71. The Labute approximate surface area is 210 Å². The minimum Gasteiger partial charge on any atom is -0.196 e. The summed E-state index contributed by atoms with van der Waals surface area (Å²) < 4.78 is 0. The van der Waals surface area contributed by atoms with Crippen LogP contribution in [0.3, 0.4) is 0 Å². The van der Waals surface area contributed by atoms with Crippen LogP contribution >= 0.6 is 0 Å². The molecule has 4 rings (SSSR count). The summed E-state index contributed by atoms with van der Waals surface area (Å²) in [4.78, 5) is 0. The van der Waals surface area contributed by atoms with Crippen molar-refractivity contribution in [2.24, 2.45) is 5.41 Å². The molecule has 3 aromatic carbocycles. The first-order valence-electron chi connectivity index (χ1n) is 11.9. The molecule has 0 fully saturated rings. The van der Waals surface area contributed by atoms with Gasteiger partial charge in [-0.05, 0) is 36.5 Å².